The zero-order valence-electron chi connectivity index (χ0n) is 14.9. The topological polar surface area (TPSA) is 71.3 Å². The quantitative estimate of drug-likeness (QED) is 0.598. The predicted molar refractivity (Wildman–Crippen MR) is 96.2 cm³/mol. The Morgan fingerprint density at radius 1 is 1.19 bits per heavy atom. The highest BCUT2D eigenvalue weighted by Gasteiger charge is 2.12. The van der Waals surface area contributed by atoms with Gasteiger partial charge in [-0.05, 0) is 36.3 Å². The van der Waals surface area contributed by atoms with Crippen molar-refractivity contribution >= 4 is 12.0 Å². The normalized spacial score (nSPS) is 10.9. The first-order valence-electron chi connectivity index (χ1n) is 8.05. The van der Waals surface area contributed by atoms with Crippen LogP contribution in [0.25, 0.3) is 6.08 Å². The lowest BCUT2D eigenvalue weighted by molar-refractivity contribution is -0.117. The van der Waals surface area contributed by atoms with Gasteiger partial charge in [-0.25, -0.2) is 8.78 Å². The SMILES string of the molecule is COc1ccc(CCNC(=O)/C(C#N)=C\c2cccc(F)c2F)cc1OC. The van der Waals surface area contributed by atoms with Gasteiger partial charge in [-0.2, -0.15) is 5.26 Å². The number of halogens is 2. The fourth-order valence-electron chi connectivity index (χ4n) is 2.39. The highest BCUT2D eigenvalue weighted by atomic mass is 19.2. The smallest absolute Gasteiger partial charge is 0.261 e. The number of rotatable bonds is 7. The van der Waals surface area contributed by atoms with Crippen LogP contribution in [-0.4, -0.2) is 26.7 Å². The Morgan fingerprint density at radius 3 is 2.59 bits per heavy atom. The number of nitrogens with one attached hydrogen (secondary N) is 1. The van der Waals surface area contributed by atoms with E-state index in [1.54, 1.807) is 18.2 Å². The molecular formula is C20H18F2N2O3. The third-order valence-electron chi connectivity index (χ3n) is 3.79. The number of ether oxygens (including phenoxy) is 2. The van der Waals surface area contributed by atoms with Crippen LogP contribution in [0.1, 0.15) is 11.1 Å². The summed E-state index contributed by atoms with van der Waals surface area (Å²) in [6.45, 7) is 0.249. The first-order chi connectivity index (χ1) is 13.0. The van der Waals surface area contributed by atoms with Crippen LogP contribution in [0.2, 0.25) is 0 Å². The molecule has 0 heterocycles. The van der Waals surface area contributed by atoms with Crippen molar-refractivity contribution in [3.8, 4) is 17.6 Å². The molecule has 7 heteroatoms. The standard InChI is InChI=1S/C20H18F2N2O3/c1-26-17-7-6-13(10-18(17)27-2)8-9-24-20(25)15(12-23)11-14-4-3-5-16(21)19(14)22/h3-7,10-11H,8-9H2,1-2H3,(H,24,25)/b15-11-. The Hall–Kier alpha value is -3.40. The molecule has 5 nitrogen and oxygen atoms in total. The van der Waals surface area contributed by atoms with Gasteiger partial charge in [0.25, 0.3) is 5.91 Å². The number of amides is 1. The van der Waals surface area contributed by atoms with Crippen LogP contribution in [0.4, 0.5) is 8.78 Å². The number of carbonyl (C=O) groups excluding carboxylic acids is 1. The number of hydrogen-bond acceptors (Lipinski definition) is 4. The van der Waals surface area contributed by atoms with Crippen LogP contribution in [0, 0.1) is 23.0 Å². The molecule has 2 aromatic rings. The second-order valence-electron chi connectivity index (χ2n) is 5.51. The average molecular weight is 372 g/mol. The zero-order chi connectivity index (χ0) is 19.8. The summed E-state index contributed by atoms with van der Waals surface area (Å²) in [4.78, 5) is 12.1. The highest BCUT2D eigenvalue weighted by Crippen LogP contribution is 2.27. The third-order valence-corrected chi connectivity index (χ3v) is 3.79. The van der Waals surface area contributed by atoms with Crippen molar-refractivity contribution in [2.75, 3.05) is 20.8 Å². The Morgan fingerprint density at radius 2 is 1.93 bits per heavy atom. The van der Waals surface area contributed by atoms with Gasteiger partial charge < -0.3 is 14.8 Å². The lowest BCUT2D eigenvalue weighted by Crippen LogP contribution is -2.26. The highest BCUT2D eigenvalue weighted by molar-refractivity contribution is 6.01. The fourth-order valence-corrected chi connectivity index (χ4v) is 2.39. The Bertz CT molecular complexity index is 905. The monoisotopic (exact) mass is 372 g/mol. The largest absolute Gasteiger partial charge is 0.493 e. The number of hydrogen-bond donors (Lipinski definition) is 1. The van der Waals surface area contributed by atoms with Crippen LogP contribution >= 0.6 is 0 Å². The van der Waals surface area contributed by atoms with Gasteiger partial charge in [0, 0.05) is 12.1 Å². The van der Waals surface area contributed by atoms with E-state index in [4.69, 9.17) is 14.7 Å². The molecule has 140 valence electrons. The lowest BCUT2D eigenvalue weighted by atomic mass is 10.1. The minimum atomic E-state index is -1.11. The molecule has 27 heavy (non-hydrogen) atoms. The van der Waals surface area contributed by atoms with Crippen LogP contribution in [0.15, 0.2) is 42.0 Å². The van der Waals surface area contributed by atoms with Crippen LogP contribution < -0.4 is 14.8 Å². The van der Waals surface area contributed by atoms with Crippen molar-refractivity contribution in [2.45, 2.75) is 6.42 Å². The fraction of sp³-hybridized carbons (Fsp3) is 0.200. The Labute approximate surface area is 155 Å². The van der Waals surface area contributed by atoms with E-state index in [1.165, 1.54) is 26.4 Å². The Balaban J connectivity index is 2.03. The molecule has 0 aliphatic carbocycles. The molecule has 0 unspecified atom stereocenters. The van der Waals surface area contributed by atoms with E-state index in [2.05, 4.69) is 5.32 Å². The molecule has 0 radical (unpaired) electrons. The first-order valence-corrected chi connectivity index (χ1v) is 8.05. The van der Waals surface area contributed by atoms with Crippen molar-refractivity contribution in [2.24, 2.45) is 0 Å². The predicted octanol–water partition coefficient (Wildman–Crippen LogP) is 3.25. The summed E-state index contributed by atoms with van der Waals surface area (Å²) in [5.41, 5.74) is 0.417. The van der Waals surface area contributed by atoms with E-state index in [0.29, 0.717) is 17.9 Å². The van der Waals surface area contributed by atoms with E-state index in [0.717, 1.165) is 17.7 Å². The molecule has 0 spiro atoms. The summed E-state index contributed by atoms with van der Waals surface area (Å²) < 4.78 is 37.3. The second-order valence-corrected chi connectivity index (χ2v) is 5.51. The molecular weight excluding hydrogens is 354 g/mol. The van der Waals surface area contributed by atoms with Gasteiger partial charge in [-0.15, -0.1) is 0 Å². The van der Waals surface area contributed by atoms with Crippen LogP contribution in [0.3, 0.4) is 0 Å². The van der Waals surface area contributed by atoms with Gasteiger partial charge in [-0.1, -0.05) is 18.2 Å². The van der Waals surface area contributed by atoms with E-state index in [-0.39, 0.29) is 17.7 Å². The van der Waals surface area contributed by atoms with Gasteiger partial charge in [0.1, 0.15) is 11.6 Å². The van der Waals surface area contributed by atoms with Gasteiger partial charge in [0.2, 0.25) is 0 Å². The molecule has 0 saturated heterocycles. The van der Waals surface area contributed by atoms with Crippen molar-refractivity contribution in [1.29, 1.82) is 5.26 Å². The lowest BCUT2D eigenvalue weighted by Gasteiger charge is -2.10. The maximum absolute atomic E-state index is 13.7. The molecule has 0 aliphatic heterocycles. The van der Waals surface area contributed by atoms with Crippen LogP contribution in [-0.2, 0) is 11.2 Å². The van der Waals surface area contributed by atoms with E-state index in [9.17, 15) is 13.6 Å². The summed E-state index contributed by atoms with van der Waals surface area (Å²) in [5.74, 6) is -1.66. The maximum Gasteiger partial charge on any atom is 0.261 e. The molecule has 1 amide bonds. The van der Waals surface area contributed by atoms with Crippen molar-refractivity contribution in [3.63, 3.8) is 0 Å². The van der Waals surface area contributed by atoms with E-state index >= 15 is 0 Å². The summed E-state index contributed by atoms with van der Waals surface area (Å²) >= 11 is 0. The molecule has 0 bridgehead atoms. The number of carbonyl (C=O) groups is 1. The average Bonchev–Trinajstić information content (AvgIpc) is 2.68. The molecule has 0 aliphatic rings. The van der Waals surface area contributed by atoms with Crippen LogP contribution in [0.5, 0.6) is 11.5 Å². The molecule has 1 N–H and O–H groups in total. The summed E-state index contributed by atoms with van der Waals surface area (Å²) in [7, 11) is 3.06. The zero-order valence-corrected chi connectivity index (χ0v) is 14.9. The van der Waals surface area contributed by atoms with Crippen molar-refractivity contribution in [1.82, 2.24) is 5.32 Å². The number of nitrogens with zero attached hydrogens (tertiary/aromatic N) is 1. The molecule has 0 aromatic heterocycles. The third kappa shape index (κ3) is 5.05. The van der Waals surface area contributed by atoms with Gasteiger partial charge in [-0.3, -0.25) is 4.79 Å². The van der Waals surface area contributed by atoms with Crippen molar-refractivity contribution in [3.05, 3.63) is 64.7 Å². The van der Waals surface area contributed by atoms with Gasteiger partial charge in [0.15, 0.2) is 23.1 Å². The second kappa shape index (κ2) is 9.34. The first kappa shape index (κ1) is 19.9. The molecule has 2 rings (SSSR count). The Kier molecular flexibility index (Phi) is 6.89. The number of nitriles is 1. The molecule has 0 saturated carbocycles. The van der Waals surface area contributed by atoms with Gasteiger partial charge >= 0.3 is 0 Å². The maximum atomic E-state index is 13.7. The summed E-state index contributed by atoms with van der Waals surface area (Å²) in [6.07, 6.45) is 1.50. The van der Waals surface area contributed by atoms with Gasteiger partial charge in [0.05, 0.1) is 14.2 Å². The number of benzene rings is 2. The minimum Gasteiger partial charge on any atom is -0.493 e. The number of methoxy groups -OCH3 is 2. The van der Waals surface area contributed by atoms with E-state index in [1.807, 2.05) is 6.07 Å². The van der Waals surface area contributed by atoms with E-state index < -0.39 is 17.5 Å². The molecule has 0 fully saturated rings. The summed E-state index contributed by atoms with van der Waals surface area (Å²) in [6, 6.07) is 10.6. The molecule has 0 atom stereocenters. The minimum absolute atomic E-state index is 0.165. The summed E-state index contributed by atoms with van der Waals surface area (Å²) in [5, 5.41) is 11.7. The van der Waals surface area contributed by atoms with Crippen molar-refractivity contribution < 1.29 is 23.0 Å². The molecule has 2 aromatic carbocycles.